The van der Waals surface area contributed by atoms with Gasteiger partial charge in [0.25, 0.3) is 0 Å². The molecule has 1 fully saturated rings. The molecule has 0 unspecified atom stereocenters. The van der Waals surface area contributed by atoms with Crippen LogP contribution in [0.15, 0.2) is 0 Å². The molecule has 1 aliphatic carbocycles. The molecule has 0 atom stereocenters. The van der Waals surface area contributed by atoms with Crippen molar-refractivity contribution in [1.82, 2.24) is 4.90 Å². The zero-order valence-corrected chi connectivity index (χ0v) is 11.7. The third-order valence-electron chi connectivity index (χ3n) is 3.87. The maximum Gasteiger partial charge on any atom is 0.248 e. The van der Waals surface area contributed by atoms with Crippen molar-refractivity contribution >= 4 is 5.91 Å². The third-order valence-corrected chi connectivity index (χ3v) is 3.87. The first-order valence-corrected chi connectivity index (χ1v) is 6.91. The first-order valence-electron chi connectivity index (χ1n) is 6.91. The Morgan fingerprint density at radius 3 is 2.35 bits per heavy atom. The topological polar surface area (TPSA) is 29.5 Å². The molecule has 1 rings (SSSR count). The number of hydrogen-bond acceptors (Lipinski definition) is 2. The van der Waals surface area contributed by atoms with Gasteiger partial charge in [-0.1, -0.05) is 13.3 Å². The molecule has 17 heavy (non-hydrogen) atoms. The summed E-state index contributed by atoms with van der Waals surface area (Å²) in [5, 5.41) is 0. The van der Waals surface area contributed by atoms with E-state index in [2.05, 4.69) is 6.92 Å². The van der Waals surface area contributed by atoms with Crippen molar-refractivity contribution in [2.75, 3.05) is 13.7 Å². The second-order valence-corrected chi connectivity index (χ2v) is 5.45. The zero-order chi connectivity index (χ0) is 12.8. The highest BCUT2D eigenvalue weighted by molar-refractivity contribution is 5.77. The van der Waals surface area contributed by atoms with Crippen molar-refractivity contribution < 1.29 is 9.53 Å². The van der Waals surface area contributed by atoms with Gasteiger partial charge in [0.05, 0.1) is 6.10 Å². The van der Waals surface area contributed by atoms with Crippen molar-refractivity contribution in [2.45, 2.75) is 65.0 Å². The first kappa shape index (κ1) is 14.5. The lowest BCUT2D eigenvalue weighted by molar-refractivity contribution is -0.139. The van der Waals surface area contributed by atoms with Gasteiger partial charge in [0, 0.05) is 13.1 Å². The maximum absolute atomic E-state index is 11.9. The SMILES string of the molecule is CCC1CCC(N(C)C(=O)COC(C)C)CC1. The van der Waals surface area contributed by atoms with E-state index >= 15 is 0 Å². The molecule has 0 saturated heterocycles. The lowest BCUT2D eigenvalue weighted by Crippen LogP contribution is -2.41. The molecule has 3 nitrogen and oxygen atoms in total. The van der Waals surface area contributed by atoms with Crippen molar-refractivity contribution in [1.29, 1.82) is 0 Å². The predicted octanol–water partition coefficient (Wildman–Crippen LogP) is 2.84. The van der Waals surface area contributed by atoms with E-state index in [0.717, 1.165) is 18.8 Å². The summed E-state index contributed by atoms with van der Waals surface area (Å²) in [6.07, 6.45) is 6.25. The first-order chi connectivity index (χ1) is 8.04. The van der Waals surface area contributed by atoms with Crippen LogP contribution in [0.5, 0.6) is 0 Å². The number of carbonyl (C=O) groups excluding carboxylic acids is 1. The fraction of sp³-hybridized carbons (Fsp3) is 0.929. The molecule has 0 aliphatic heterocycles. The zero-order valence-electron chi connectivity index (χ0n) is 11.7. The molecule has 3 heteroatoms. The van der Waals surface area contributed by atoms with E-state index in [1.165, 1.54) is 19.3 Å². The van der Waals surface area contributed by atoms with Gasteiger partial charge in [-0.3, -0.25) is 4.79 Å². The summed E-state index contributed by atoms with van der Waals surface area (Å²) < 4.78 is 5.37. The van der Waals surface area contributed by atoms with Gasteiger partial charge in [0.15, 0.2) is 0 Å². The summed E-state index contributed by atoms with van der Waals surface area (Å²) in [6.45, 7) is 6.40. The molecule has 0 radical (unpaired) electrons. The minimum absolute atomic E-state index is 0.124. The fourth-order valence-electron chi connectivity index (χ4n) is 2.48. The second-order valence-electron chi connectivity index (χ2n) is 5.45. The Hall–Kier alpha value is -0.570. The van der Waals surface area contributed by atoms with Crippen LogP contribution in [0.25, 0.3) is 0 Å². The predicted molar refractivity (Wildman–Crippen MR) is 69.9 cm³/mol. The largest absolute Gasteiger partial charge is 0.369 e. The molecular weight excluding hydrogens is 214 g/mol. The van der Waals surface area contributed by atoms with Crippen LogP contribution in [0.1, 0.15) is 52.9 Å². The monoisotopic (exact) mass is 241 g/mol. The Kier molecular flexibility index (Phi) is 5.96. The molecule has 1 aliphatic rings. The lowest BCUT2D eigenvalue weighted by Gasteiger charge is -2.34. The van der Waals surface area contributed by atoms with E-state index in [-0.39, 0.29) is 18.6 Å². The van der Waals surface area contributed by atoms with E-state index < -0.39 is 0 Å². The van der Waals surface area contributed by atoms with Crippen molar-refractivity contribution in [2.24, 2.45) is 5.92 Å². The smallest absolute Gasteiger partial charge is 0.248 e. The van der Waals surface area contributed by atoms with E-state index in [1.807, 2.05) is 25.8 Å². The van der Waals surface area contributed by atoms with Crippen LogP contribution in [0.3, 0.4) is 0 Å². The molecule has 0 aromatic carbocycles. The third kappa shape index (κ3) is 4.66. The maximum atomic E-state index is 11.9. The number of nitrogens with zero attached hydrogens (tertiary/aromatic N) is 1. The van der Waals surface area contributed by atoms with E-state index in [1.54, 1.807) is 0 Å². The Morgan fingerprint density at radius 1 is 1.29 bits per heavy atom. The average Bonchev–Trinajstić information content (AvgIpc) is 2.35. The Morgan fingerprint density at radius 2 is 1.88 bits per heavy atom. The van der Waals surface area contributed by atoms with Crippen LogP contribution in [-0.4, -0.2) is 36.6 Å². The molecule has 0 spiro atoms. The van der Waals surface area contributed by atoms with Crippen molar-refractivity contribution in [3.63, 3.8) is 0 Å². The van der Waals surface area contributed by atoms with Gasteiger partial charge in [-0.25, -0.2) is 0 Å². The van der Waals surface area contributed by atoms with E-state index in [9.17, 15) is 4.79 Å². The molecule has 0 aromatic rings. The van der Waals surface area contributed by atoms with Crippen LogP contribution in [0.2, 0.25) is 0 Å². The molecule has 100 valence electrons. The van der Waals surface area contributed by atoms with Gasteiger partial charge in [-0.05, 0) is 45.4 Å². The number of likely N-dealkylation sites (N-methyl/N-ethyl adjacent to an activating group) is 1. The summed E-state index contributed by atoms with van der Waals surface area (Å²) >= 11 is 0. The van der Waals surface area contributed by atoms with Crippen molar-refractivity contribution in [3.05, 3.63) is 0 Å². The number of rotatable bonds is 5. The molecule has 0 N–H and O–H groups in total. The van der Waals surface area contributed by atoms with Crippen LogP contribution in [0.4, 0.5) is 0 Å². The van der Waals surface area contributed by atoms with Crippen LogP contribution >= 0.6 is 0 Å². The number of carbonyl (C=O) groups is 1. The Labute approximate surface area is 106 Å². The van der Waals surface area contributed by atoms with E-state index in [4.69, 9.17) is 4.74 Å². The fourth-order valence-corrected chi connectivity index (χ4v) is 2.48. The molecule has 0 heterocycles. The minimum Gasteiger partial charge on any atom is -0.369 e. The number of hydrogen-bond donors (Lipinski definition) is 0. The lowest BCUT2D eigenvalue weighted by atomic mass is 9.84. The summed E-state index contributed by atoms with van der Waals surface area (Å²) in [5.74, 6) is 1.00. The Bertz CT molecular complexity index is 232. The highest BCUT2D eigenvalue weighted by Gasteiger charge is 2.25. The van der Waals surface area contributed by atoms with Crippen LogP contribution < -0.4 is 0 Å². The quantitative estimate of drug-likeness (QED) is 0.740. The van der Waals surface area contributed by atoms with Gasteiger partial charge in [-0.15, -0.1) is 0 Å². The minimum atomic E-state index is 0.124. The van der Waals surface area contributed by atoms with Crippen LogP contribution in [0, 0.1) is 5.92 Å². The summed E-state index contributed by atoms with van der Waals surface area (Å²) in [6, 6.07) is 0.432. The van der Waals surface area contributed by atoms with Gasteiger partial charge in [0.1, 0.15) is 6.61 Å². The number of amides is 1. The average molecular weight is 241 g/mol. The highest BCUT2D eigenvalue weighted by Crippen LogP contribution is 2.28. The standard InChI is InChI=1S/C14H27NO2/c1-5-12-6-8-13(9-7-12)15(4)14(16)10-17-11(2)3/h11-13H,5-10H2,1-4H3. The van der Waals surface area contributed by atoms with Gasteiger partial charge in [-0.2, -0.15) is 0 Å². The molecular formula is C14H27NO2. The van der Waals surface area contributed by atoms with Crippen LogP contribution in [-0.2, 0) is 9.53 Å². The van der Waals surface area contributed by atoms with E-state index in [0.29, 0.717) is 6.04 Å². The molecule has 0 bridgehead atoms. The van der Waals surface area contributed by atoms with Crippen molar-refractivity contribution in [3.8, 4) is 0 Å². The Balaban J connectivity index is 2.32. The second kappa shape index (κ2) is 7.00. The summed E-state index contributed by atoms with van der Waals surface area (Å²) in [4.78, 5) is 13.8. The van der Waals surface area contributed by atoms with Gasteiger partial charge < -0.3 is 9.64 Å². The normalized spacial score (nSPS) is 25.0. The van der Waals surface area contributed by atoms with Gasteiger partial charge >= 0.3 is 0 Å². The molecule has 0 aromatic heterocycles. The molecule has 1 saturated carbocycles. The summed E-state index contributed by atoms with van der Waals surface area (Å²) in [7, 11) is 1.92. The summed E-state index contributed by atoms with van der Waals surface area (Å²) in [5.41, 5.74) is 0. The van der Waals surface area contributed by atoms with Gasteiger partial charge in [0.2, 0.25) is 5.91 Å². The molecule has 1 amide bonds. The number of ether oxygens (including phenoxy) is 1. The highest BCUT2D eigenvalue weighted by atomic mass is 16.5.